The molecule has 0 fully saturated rings. The maximum Gasteiger partial charge on any atom is 0.337 e. The number of aryl methyl sites for hydroxylation is 1. The fraction of sp³-hybridized carbons (Fsp3) is 0.136. The Morgan fingerprint density at radius 1 is 1.07 bits per heavy atom. The minimum atomic E-state index is -0.474. The first-order chi connectivity index (χ1) is 14.0. The molecule has 0 spiro atoms. The van der Waals surface area contributed by atoms with Crippen LogP contribution in [0.4, 0.5) is 4.39 Å². The summed E-state index contributed by atoms with van der Waals surface area (Å²) in [6.07, 6.45) is 3.03. The van der Waals surface area contributed by atoms with Gasteiger partial charge in [-0.05, 0) is 36.8 Å². The second kappa shape index (κ2) is 7.35. The smallest absolute Gasteiger partial charge is 0.320 e. The van der Waals surface area contributed by atoms with Gasteiger partial charge in [0.1, 0.15) is 5.82 Å². The number of nitrogens with zero attached hydrogens (tertiary/aromatic N) is 4. The molecule has 0 saturated carbocycles. The zero-order valence-electron chi connectivity index (χ0n) is 15.9. The van der Waals surface area contributed by atoms with Crippen LogP contribution in [0.3, 0.4) is 0 Å². The molecule has 0 aliphatic rings. The molecule has 7 heteroatoms. The summed E-state index contributed by atoms with van der Waals surface area (Å²) >= 11 is 0. The van der Waals surface area contributed by atoms with Crippen molar-refractivity contribution in [1.82, 2.24) is 18.7 Å². The molecule has 0 radical (unpaired) electrons. The Hall–Kier alpha value is -3.74. The van der Waals surface area contributed by atoms with E-state index in [2.05, 4.69) is 11.6 Å². The van der Waals surface area contributed by atoms with Crippen molar-refractivity contribution in [3.8, 4) is 5.69 Å². The van der Waals surface area contributed by atoms with Crippen LogP contribution in [-0.4, -0.2) is 18.7 Å². The Labute approximate surface area is 165 Å². The molecule has 4 rings (SSSR count). The van der Waals surface area contributed by atoms with Crippen LogP contribution < -0.4 is 11.2 Å². The van der Waals surface area contributed by atoms with Gasteiger partial charge in [-0.2, -0.15) is 0 Å². The van der Waals surface area contributed by atoms with E-state index >= 15 is 0 Å². The SMILES string of the molecule is C=CCn1c(=O)c2c(ncn2Cc2ccc(F)cc2)n(-c2ccc(C)cc2)c1=O. The summed E-state index contributed by atoms with van der Waals surface area (Å²) in [5, 5.41) is 0. The third-order valence-electron chi connectivity index (χ3n) is 4.77. The molecule has 0 amide bonds. The van der Waals surface area contributed by atoms with Crippen molar-refractivity contribution in [2.75, 3.05) is 0 Å². The largest absolute Gasteiger partial charge is 0.337 e. The topological polar surface area (TPSA) is 61.8 Å². The van der Waals surface area contributed by atoms with Gasteiger partial charge in [-0.25, -0.2) is 18.7 Å². The maximum atomic E-state index is 13.2. The highest BCUT2D eigenvalue weighted by atomic mass is 19.1. The van der Waals surface area contributed by atoms with Crippen LogP contribution in [0.25, 0.3) is 16.9 Å². The fourth-order valence-corrected chi connectivity index (χ4v) is 3.30. The van der Waals surface area contributed by atoms with E-state index in [1.165, 1.54) is 29.1 Å². The van der Waals surface area contributed by atoms with E-state index in [0.29, 0.717) is 17.7 Å². The van der Waals surface area contributed by atoms with Gasteiger partial charge < -0.3 is 4.57 Å². The van der Waals surface area contributed by atoms with E-state index in [-0.39, 0.29) is 18.0 Å². The molecular formula is C22H19FN4O2. The molecular weight excluding hydrogens is 371 g/mol. The molecule has 0 atom stereocenters. The summed E-state index contributed by atoms with van der Waals surface area (Å²) in [4.78, 5) is 30.5. The van der Waals surface area contributed by atoms with Crippen molar-refractivity contribution >= 4 is 11.2 Å². The van der Waals surface area contributed by atoms with E-state index in [4.69, 9.17) is 0 Å². The van der Waals surface area contributed by atoms with Crippen LogP contribution in [0.5, 0.6) is 0 Å². The lowest BCUT2D eigenvalue weighted by molar-refractivity contribution is 0.626. The lowest BCUT2D eigenvalue weighted by atomic mass is 10.2. The molecule has 0 bridgehead atoms. The molecule has 2 aromatic carbocycles. The van der Waals surface area contributed by atoms with Gasteiger partial charge in [0.05, 0.1) is 12.0 Å². The van der Waals surface area contributed by atoms with Crippen molar-refractivity contribution in [3.05, 3.63) is 105 Å². The summed E-state index contributed by atoms with van der Waals surface area (Å²) in [5.41, 5.74) is 2.16. The minimum Gasteiger partial charge on any atom is -0.320 e. The molecule has 0 aliphatic carbocycles. The molecule has 29 heavy (non-hydrogen) atoms. The van der Waals surface area contributed by atoms with Crippen molar-refractivity contribution in [3.63, 3.8) is 0 Å². The first-order valence-corrected chi connectivity index (χ1v) is 9.12. The fourth-order valence-electron chi connectivity index (χ4n) is 3.30. The second-order valence-corrected chi connectivity index (χ2v) is 6.83. The molecule has 0 unspecified atom stereocenters. The summed E-state index contributed by atoms with van der Waals surface area (Å²) < 4.78 is 17.5. The lowest BCUT2D eigenvalue weighted by Gasteiger charge is -2.12. The number of allylic oxidation sites excluding steroid dienone is 1. The Kier molecular flexibility index (Phi) is 4.72. The lowest BCUT2D eigenvalue weighted by Crippen LogP contribution is -2.39. The van der Waals surface area contributed by atoms with Crippen LogP contribution in [-0.2, 0) is 13.1 Å². The van der Waals surface area contributed by atoms with Gasteiger partial charge in [-0.1, -0.05) is 35.9 Å². The minimum absolute atomic E-state index is 0.0845. The first kappa shape index (κ1) is 18.6. The standard InChI is InChI=1S/C22H19FN4O2/c1-3-12-26-21(28)19-20(27(22(26)29)18-10-4-15(2)5-11-18)24-14-25(19)13-16-6-8-17(23)9-7-16/h3-11,14H,1,12-13H2,2H3. The summed E-state index contributed by atoms with van der Waals surface area (Å²) in [6.45, 7) is 6.02. The quantitative estimate of drug-likeness (QED) is 0.492. The van der Waals surface area contributed by atoms with Crippen LogP contribution in [0.1, 0.15) is 11.1 Å². The van der Waals surface area contributed by atoms with Gasteiger partial charge in [0.2, 0.25) is 0 Å². The monoisotopic (exact) mass is 390 g/mol. The molecule has 0 aliphatic heterocycles. The van der Waals surface area contributed by atoms with Crippen LogP contribution in [0.2, 0.25) is 0 Å². The number of halogens is 1. The highest BCUT2D eigenvalue weighted by Gasteiger charge is 2.18. The maximum absolute atomic E-state index is 13.2. The molecule has 0 N–H and O–H groups in total. The van der Waals surface area contributed by atoms with Gasteiger partial charge >= 0.3 is 5.69 Å². The van der Waals surface area contributed by atoms with Crippen LogP contribution in [0, 0.1) is 12.7 Å². The number of hydrogen-bond donors (Lipinski definition) is 0. The van der Waals surface area contributed by atoms with Gasteiger partial charge in [0.25, 0.3) is 5.56 Å². The van der Waals surface area contributed by atoms with E-state index in [1.807, 2.05) is 31.2 Å². The number of aromatic nitrogens is 4. The van der Waals surface area contributed by atoms with Crippen molar-refractivity contribution < 1.29 is 4.39 Å². The number of rotatable bonds is 5. The first-order valence-electron chi connectivity index (χ1n) is 9.12. The average Bonchev–Trinajstić information content (AvgIpc) is 3.12. The molecule has 2 aromatic heterocycles. The van der Waals surface area contributed by atoms with Crippen molar-refractivity contribution in [2.24, 2.45) is 0 Å². The molecule has 146 valence electrons. The van der Waals surface area contributed by atoms with E-state index in [1.54, 1.807) is 16.7 Å². The third kappa shape index (κ3) is 3.31. The third-order valence-corrected chi connectivity index (χ3v) is 4.77. The Bertz CT molecular complexity index is 1310. The molecule has 2 heterocycles. The Balaban J connectivity index is 1.98. The van der Waals surface area contributed by atoms with Gasteiger partial charge in [-0.3, -0.25) is 9.36 Å². The van der Waals surface area contributed by atoms with Gasteiger partial charge in [0.15, 0.2) is 11.2 Å². The van der Waals surface area contributed by atoms with Crippen LogP contribution in [0.15, 0.2) is 77.1 Å². The Morgan fingerprint density at radius 3 is 2.41 bits per heavy atom. The highest BCUT2D eigenvalue weighted by molar-refractivity contribution is 5.72. The zero-order chi connectivity index (χ0) is 20.5. The summed E-state index contributed by atoms with van der Waals surface area (Å²) in [7, 11) is 0. The van der Waals surface area contributed by atoms with E-state index in [9.17, 15) is 14.0 Å². The van der Waals surface area contributed by atoms with Gasteiger partial charge in [0, 0.05) is 13.1 Å². The summed E-state index contributed by atoms with van der Waals surface area (Å²) in [6, 6.07) is 13.5. The second-order valence-electron chi connectivity index (χ2n) is 6.83. The van der Waals surface area contributed by atoms with E-state index < -0.39 is 11.2 Å². The molecule has 4 aromatic rings. The number of hydrogen-bond acceptors (Lipinski definition) is 3. The van der Waals surface area contributed by atoms with E-state index in [0.717, 1.165) is 15.7 Å². The average molecular weight is 390 g/mol. The molecule has 6 nitrogen and oxygen atoms in total. The van der Waals surface area contributed by atoms with Crippen molar-refractivity contribution in [2.45, 2.75) is 20.0 Å². The molecule has 0 saturated heterocycles. The zero-order valence-corrected chi connectivity index (χ0v) is 15.9. The normalized spacial score (nSPS) is 11.1. The predicted octanol–water partition coefficient (Wildman–Crippen LogP) is 3.03. The number of benzene rings is 2. The number of imidazole rings is 1. The van der Waals surface area contributed by atoms with Crippen LogP contribution >= 0.6 is 0 Å². The highest BCUT2D eigenvalue weighted by Crippen LogP contribution is 2.15. The summed E-state index contributed by atoms with van der Waals surface area (Å²) in [5.74, 6) is -0.328. The number of fused-ring (bicyclic) bond motifs is 1. The predicted molar refractivity (Wildman–Crippen MR) is 110 cm³/mol. The Morgan fingerprint density at radius 2 is 1.76 bits per heavy atom. The van der Waals surface area contributed by atoms with Gasteiger partial charge in [-0.15, -0.1) is 6.58 Å². The van der Waals surface area contributed by atoms with Crippen molar-refractivity contribution in [1.29, 1.82) is 0 Å².